The molecule has 0 aliphatic heterocycles. The summed E-state index contributed by atoms with van der Waals surface area (Å²) in [5, 5.41) is 3.57. The van der Waals surface area contributed by atoms with Gasteiger partial charge in [0.15, 0.2) is 11.6 Å². The SMILES string of the molecule is CN(CCN(C=S(=O)=O)Nc1ccc(F)c(F)c1Nc1ccc(I)cc1F)C(=O)OC(C)(C)C. The average Bonchev–Trinajstić information content (AvgIpc) is 2.71. The second-order valence-corrected chi connectivity index (χ2v) is 10.1. The first-order valence-corrected chi connectivity index (χ1v) is 12.1. The molecule has 0 saturated carbocycles. The van der Waals surface area contributed by atoms with E-state index in [1.807, 2.05) is 22.6 Å². The maximum Gasteiger partial charge on any atom is 0.410 e. The van der Waals surface area contributed by atoms with Gasteiger partial charge in [-0.05, 0) is 73.7 Å². The van der Waals surface area contributed by atoms with Gasteiger partial charge in [-0.25, -0.2) is 18.0 Å². The molecule has 0 aromatic heterocycles. The molecule has 34 heavy (non-hydrogen) atoms. The molecule has 0 fully saturated rings. The zero-order chi connectivity index (χ0) is 25.6. The minimum atomic E-state index is -2.67. The van der Waals surface area contributed by atoms with Crippen LogP contribution in [0, 0.1) is 21.0 Å². The number of nitrogens with one attached hydrogen (secondary N) is 2. The van der Waals surface area contributed by atoms with Crippen molar-refractivity contribution in [1.29, 1.82) is 0 Å². The van der Waals surface area contributed by atoms with Gasteiger partial charge in [-0.1, -0.05) is 0 Å². The molecule has 0 bridgehead atoms. The van der Waals surface area contributed by atoms with Crippen LogP contribution in [0.1, 0.15) is 20.8 Å². The molecule has 0 heterocycles. The van der Waals surface area contributed by atoms with Crippen LogP contribution in [0.3, 0.4) is 0 Å². The molecule has 1 amide bonds. The Balaban J connectivity index is 2.29. The number of benzene rings is 2. The van der Waals surface area contributed by atoms with Crippen molar-refractivity contribution < 1.29 is 31.1 Å². The first-order valence-electron chi connectivity index (χ1n) is 9.87. The van der Waals surface area contributed by atoms with Crippen LogP contribution in [-0.2, 0) is 15.0 Å². The summed E-state index contributed by atoms with van der Waals surface area (Å²) < 4.78 is 71.3. The average molecular weight is 612 g/mol. The van der Waals surface area contributed by atoms with E-state index in [1.54, 1.807) is 26.8 Å². The molecule has 0 spiro atoms. The highest BCUT2D eigenvalue weighted by Crippen LogP contribution is 2.32. The molecule has 13 heteroatoms. The summed E-state index contributed by atoms with van der Waals surface area (Å²) in [7, 11) is -1.20. The predicted molar refractivity (Wildman–Crippen MR) is 133 cm³/mol. The van der Waals surface area contributed by atoms with Gasteiger partial charge in [0.25, 0.3) is 0 Å². The number of hydrogen-bond donors (Lipinski definition) is 2. The number of ether oxygens (including phenoxy) is 1. The summed E-state index contributed by atoms with van der Waals surface area (Å²) in [6.45, 7) is 5.06. The van der Waals surface area contributed by atoms with Crippen LogP contribution < -0.4 is 10.7 Å². The lowest BCUT2D eigenvalue weighted by atomic mass is 10.2. The Hall–Kier alpha value is -2.52. The van der Waals surface area contributed by atoms with Crippen molar-refractivity contribution in [2.75, 3.05) is 30.9 Å². The fourth-order valence-electron chi connectivity index (χ4n) is 2.57. The summed E-state index contributed by atoms with van der Waals surface area (Å²) >= 11 is 1.90. The van der Waals surface area contributed by atoms with E-state index < -0.39 is 45.1 Å². The highest BCUT2D eigenvalue weighted by molar-refractivity contribution is 14.1. The van der Waals surface area contributed by atoms with Gasteiger partial charge < -0.3 is 20.4 Å². The number of likely N-dealkylation sites (N-methyl/N-ethyl adjacent to an activating group) is 1. The monoisotopic (exact) mass is 612 g/mol. The van der Waals surface area contributed by atoms with Crippen molar-refractivity contribution in [3.63, 3.8) is 0 Å². The maximum absolute atomic E-state index is 14.6. The number of hydrogen-bond acceptors (Lipinski definition) is 6. The van der Waals surface area contributed by atoms with Crippen molar-refractivity contribution in [3.05, 3.63) is 51.4 Å². The Labute approximate surface area is 210 Å². The van der Waals surface area contributed by atoms with E-state index in [-0.39, 0.29) is 24.5 Å². The minimum Gasteiger partial charge on any atom is -0.444 e. The van der Waals surface area contributed by atoms with Gasteiger partial charge in [-0.2, -0.15) is 13.4 Å². The number of hydrazine groups is 1. The van der Waals surface area contributed by atoms with Crippen molar-refractivity contribution in [1.82, 2.24) is 9.91 Å². The number of carbonyl (C=O) groups excluding carboxylic acids is 1. The van der Waals surface area contributed by atoms with Crippen molar-refractivity contribution in [3.8, 4) is 0 Å². The molecule has 8 nitrogen and oxygen atoms in total. The first-order chi connectivity index (χ1) is 15.8. The zero-order valence-electron chi connectivity index (χ0n) is 18.8. The second-order valence-electron chi connectivity index (χ2n) is 8.11. The van der Waals surface area contributed by atoms with Gasteiger partial charge in [-0.3, -0.25) is 0 Å². The smallest absolute Gasteiger partial charge is 0.410 e. The summed E-state index contributed by atoms with van der Waals surface area (Å²) in [6.07, 6.45) is -0.625. The zero-order valence-corrected chi connectivity index (χ0v) is 21.8. The Kier molecular flexibility index (Phi) is 9.58. The van der Waals surface area contributed by atoms with Gasteiger partial charge in [0.2, 0.25) is 10.3 Å². The van der Waals surface area contributed by atoms with E-state index in [1.165, 1.54) is 24.1 Å². The second kappa shape index (κ2) is 11.8. The van der Waals surface area contributed by atoms with Crippen LogP contribution in [0.15, 0.2) is 30.3 Å². The van der Waals surface area contributed by atoms with E-state index in [9.17, 15) is 26.4 Å². The Morgan fingerprint density at radius 2 is 1.74 bits per heavy atom. The van der Waals surface area contributed by atoms with Crippen LogP contribution in [0.4, 0.5) is 35.0 Å². The van der Waals surface area contributed by atoms with E-state index in [0.29, 0.717) is 3.57 Å². The molecule has 0 aliphatic carbocycles. The van der Waals surface area contributed by atoms with Gasteiger partial charge in [0.1, 0.15) is 22.6 Å². The number of nitrogens with zero attached hydrogens (tertiary/aromatic N) is 2. The number of halogens is 4. The van der Waals surface area contributed by atoms with Crippen LogP contribution in [0.2, 0.25) is 0 Å². The summed E-state index contributed by atoms with van der Waals surface area (Å²) in [4.78, 5) is 13.4. The Morgan fingerprint density at radius 3 is 2.32 bits per heavy atom. The fraction of sp³-hybridized carbons (Fsp3) is 0.333. The predicted octanol–water partition coefficient (Wildman–Crippen LogP) is 4.59. The van der Waals surface area contributed by atoms with E-state index in [4.69, 9.17) is 4.74 Å². The molecule has 186 valence electrons. The Morgan fingerprint density at radius 1 is 1.09 bits per heavy atom. The van der Waals surface area contributed by atoms with E-state index in [2.05, 4.69) is 10.7 Å². The van der Waals surface area contributed by atoms with Crippen molar-refractivity contribution >= 4 is 61.5 Å². The molecule has 0 saturated heterocycles. The summed E-state index contributed by atoms with van der Waals surface area (Å²) in [5.74, 6) is -3.17. The lowest BCUT2D eigenvalue weighted by Gasteiger charge is -2.27. The number of amides is 1. The molecule has 2 rings (SSSR count). The largest absolute Gasteiger partial charge is 0.444 e. The molecule has 2 aromatic rings. The van der Waals surface area contributed by atoms with Gasteiger partial charge in [-0.15, -0.1) is 0 Å². The molecule has 2 aromatic carbocycles. The Bertz CT molecular complexity index is 1180. The number of anilines is 3. The molecule has 0 aliphatic rings. The number of carbonyl (C=O) groups is 1. The van der Waals surface area contributed by atoms with Crippen molar-refractivity contribution in [2.45, 2.75) is 26.4 Å². The molecule has 0 unspecified atom stereocenters. The topological polar surface area (TPSA) is 91.0 Å². The van der Waals surface area contributed by atoms with Gasteiger partial charge >= 0.3 is 6.09 Å². The van der Waals surface area contributed by atoms with Crippen LogP contribution in [0.25, 0.3) is 0 Å². The third-order valence-electron chi connectivity index (χ3n) is 4.14. The summed E-state index contributed by atoms with van der Waals surface area (Å²) in [5.41, 5.74) is 2.08. The third-order valence-corrected chi connectivity index (χ3v) is 5.24. The van der Waals surface area contributed by atoms with Crippen LogP contribution in [0.5, 0.6) is 0 Å². The van der Waals surface area contributed by atoms with Gasteiger partial charge in [0.05, 0.1) is 11.4 Å². The van der Waals surface area contributed by atoms with Crippen LogP contribution >= 0.6 is 22.6 Å². The maximum atomic E-state index is 14.6. The fourth-order valence-corrected chi connectivity index (χ4v) is 3.39. The highest BCUT2D eigenvalue weighted by Gasteiger charge is 2.21. The molecule has 2 N–H and O–H groups in total. The van der Waals surface area contributed by atoms with Gasteiger partial charge in [0, 0.05) is 23.7 Å². The third kappa shape index (κ3) is 8.36. The molecular formula is C21H24F3IN4O4S. The van der Waals surface area contributed by atoms with Crippen molar-refractivity contribution in [2.24, 2.45) is 0 Å². The normalized spacial score (nSPS) is 11.2. The number of rotatable bonds is 8. The van der Waals surface area contributed by atoms with E-state index >= 15 is 0 Å². The van der Waals surface area contributed by atoms with E-state index in [0.717, 1.165) is 22.6 Å². The molecule has 0 atom stereocenters. The lowest BCUT2D eigenvalue weighted by molar-refractivity contribution is 0.0294. The minimum absolute atomic E-state index is 0.0216. The quantitative estimate of drug-likeness (QED) is 0.256. The van der Waals surface area contributed by atoms with Crippen LogP contribution in [-0.4, -0.2) is 55.6 Å². The molecular weight excluding hydrogens is 588 g/mol. The summed E-state index contributed by atoms with van der Waals surface area (Å²) in [6, 6.07) is 6.14. The lowest BCUT2D eigenvalue weighted by Crippen LogP contribution is -2.40. The molecule has 0 radical (unpaired) electrons. The standard InChI is InChI=1S/C21H24F3IN4O4S/c1-21(2,3)33-20(30)28(4)9-10-29(12-34(31)32)27-17-8-6-14(22)18(24)19(17)26-16-7-5-13(25)11-15(16)23/h5-8,11-12,26-27H,9-10H2,1-4H3. The highest BCUT2D eigenvalue weighted by atomic mass is 127. The first kappa shape index (κ1) is 27.7.